The van der Waals surface area contributed by atoms with E-state index in [2.05, 4.69) is 10.4 Å². The van der Waals surface area contributed by atoms with Gasteiger partial charge in [0.15, 0.2) is 12.0 Å². The average molecular weight is 514 g/mol. The Kier molecular flexibility index (Phi) is 6.71. The smallest absolute Gasteiger partial charge is 0.272 e. The molecule has 3 aromatic rings. The standard InChI is InChI=1S/C26H25Cl2N3O4/c1-2-34-18-6-8-19(9-7-18)35-26-20(14-32)24(25(33)29-22-12-15-3-4-16(22)11-15)30-31(26)23-10-5-17(27)13-21(23)28/h5-10,13-16,22H,2-4,11-12H2,1H3,(H,29,33). The fourth-order valence-corrected chi connectivity index (χ4v) is 5.63. The topological polar surface area (TPSA) is 82.4 Å². The summed E-state index contributed by atoms with van der Waals surface area (Å²) in [6.07, 6.45) is 5.04. The Morgan fingerprint density at radius 3 is 2.54 bits per heavy atom. The van der Waals surface area contributed by atoms with Gasteiger partial charge in [0.2, 0.25) is 5.88 Å². The summed E-state index contributed by atoms with van der Waals surface area (Å²) in [4.78, 5) is 25.5. The number of ether oxygens (including phenoxy) is 2. The zero-order valence-corrected chi connectivity index (χ0v) is 20.7. The number of nitrogens with one attached hydrogen (secondary N) is 1. The van der Waals surface area contributed by atoms with Gasteiger partial charge in [0.1, 0.15) is 17.1 Å². The number of nitrogens with zero attached hydrogens (tertiary/aromatic N) is 2. The number of aromatic nitrogens is 2. The van der Waals surface area contributed by atoms with Crippen LogP contribution < -0.4 is 14.8 Å². The number of amides is 1. The van der Waals surface area contributed by atoms with Crippen molar-refractivity contribution in [3.8, 4) is 23.1 Å². The van der Waals surface area contributed by atoms with Gasteiger partial charge < -0.3 is 14.8 Å². The third kappa shape index (κ3) is 4.75. The Labute approximate surface area is 213 Å². The predicted molar refractivity (Wildman–Crippen MR) is 133 cm³/mol. The average Bonchev–Trinajstić information content (AvgIpc) is 3.55. The van der Waals surface area contributed by atoms with E-state index in [-0.39, 0.29) is 23.2 Å². The maximum absolute atomic E-state index is 13.3. The van der Waals surface area contributed by atoms with Gasteiger partial charge in [-0.15, -0.1) is 0 Å². The van der Waals surface area contributed by atoms with E-state index < -0.39 is 5.91 Å². The van der Waals surface area contributed by atoms with E-state index in [1.54, 1.807) is 42.5 Å². The van der Waals surface area contributed by atoms with Crippen LogP contribution >= 0.6 is 23.2 Å². The highest BCUT2D eigenvalue weighted by molar-refractivity contribution is 6.35. The van der Waals surface area contributed by atoms with Crippen LogP contribution in [0.3, 0.4) is 0 Å². The van der Waals surface area contributed by atoms with Gasteiger partial charge in [-0.3, -0.25) is 9.59 Å². The molecule has 1 aromatic heterocycles. The fourth-order valence-electron chi connectivity index (χ4n) is 5.14. The monoisotopic (exact) mass is 513 g/mol. The van der Waals surface area contributed by atoms with Gasteiger partial charge >= 0.3 is 0 Å². The SMILES string of the molecule is CCOc1ccc(Oc2c(C=O)c(C(=O)NC3CC4CCC3C4)nn2-c2ccc(Cl)cc2Cl)cc1. The van der Waals surface area contributed by atoms with Gasteiger partial charge in [0, 0.05) is 11.1 Å². The van der Waals surface area contributed by atoms with Crippen LogP contribution in [0.1, 0.15) is 53.5 Å². The normalized spacial score (nSPS) is 20.6. The summed E-state index contributed by atoms with van der Waals surface area (Å²) in [7, 11) is 0. The van der Waals surface area contributed by atoms with Gasteiger partial charge in [-0.25, -0.2) is 0 Å². The summed E-state index contributed by atoms with van der Waals surface area (Å²) in [5.41, 5.74) is 0.472. The first-order valence-corrected chi connectivity index (χ1v) is 12.5. The summed E-state index contributed by atoms with van der Waals surface area (Å²) in [5, 5.41) is 8.34. The number of aldehydes is 1. The molecule has 2 aliphatic carbocycles. The molecule has 2 aromatic carbocycles. The van der Waals surface area contributed by atoms with Crippen LogP contribution in [0, 0.1) is 11.8 Å². The molecule has 0 saturated heterocycles. The van der Waals surface area contributed by atoms with Gasteiger partial charge in [-0.1, -0.05) is 29.6 Å². The van der Waals surface area contributed by atoms with Crippen molar-refractivity contribution >= 4 is 35.4 Å². The zero-order valence-electron chi connectivity index (χ0n) is 19.2. The summed E-state index contributed by atoms with van der Waals surface area (Å²) in [6, 6.07) is 11.9. The Morgan fingerprint density at radius 1 is 1.14 bits per heavy atom. The molecule has 182 valence electrons. The molecule has 1 amide bonds. The quantitative estimate of drug-likeness (QED) is 0.368. The molecule has 2 bridgehead atoms. The highest BCUT2D eigenvalue weighted by Crippen LogP contribution is 2.44. The van der Waals surface area contributed by atoms with E-state index in [1.807, 2.05) is 6.92 Å². The lowest BCUT2D eigenvalue weighted by atomic mass is 9.95. The lowest BCUT2D eigenvalue weighted by Gasteiger charge is -2.22. The van der Waals surface area contributed by atoms with Crippen molar-refractivity contribution in [2.75, 3.05) is 6.61 Å². The first kappa shape index (κ1) is 23.7. The summed E-state index contributed by atoms with van der Waals surface area (Å²) in [5.74, 6) is 1.98. The molecular weight excluding hydrogens is 489 g/mol. The highest BCUT2D eigenvalue weighted by atomic mass is 35.5. The second-order valence-corrected chi connectivity index (χ2v) is 9.80. The molecule has 1 N–H and O–H groups in total. The Hall–Kier alpha value is -3.03. The highest BCUT2D eigenvalue weighted by Gasteiger charge is 2.41. The van der Waals surface area contributed by atoms with Crippen molar-refractivity contribution in [3.63, 3.8) is 0 Å². The minimum absolute atomic E-state index is 0.00488. The van der Waals surface area contributed by atoms with E-state index in [0.29, 0.717) is 52.0 Å². The molecule has 3 atom stereocenters. The third-order valence-electron chi connectivity index (χ3n) is 6.75. The van der Waals surface area contributed by atoms with Crippen molar-refractivity contribution in [1.29, 1.82) is 0 Å². The number of hydrogen-bond acceptors (Lipinski definition) is 5. The Morgan fingerprint density at radius 2 is 1.91 bits per heavy atom. The Balaban J connectivity index is 1.53. The zero-order chi connectivity index (χ0) is 24.5. The van der Waals surface area contributed by atoms with Crippen molar-refractivity contribution in [2.24, 2.45) is 11.8 Å². The molecule has 0 spiro atoms. The van der Waals surface area contributed by atoms with Crippen molar-refractivity contribution < 1.29 is 19.1 Å². The number of rotatable bonds is 8. The van der Waals surface area contributed by atoms with Crippen LogP contribution in [-0.2, 0) is 0 Å². The maximum atomic E-state index is 13.3. The molecule has 0 radical (unpaired) electrons. The fraction of sp³-hybridized carbons (Fsp3) is 0.346. The molecule has 2 saturated carbocycles. The van der Waals surface area contributed by atoms with E-state index in [9.17, 15) is 9.59 Å². The largest absolute Gasteiger partial charge is 0.494 e. The van der Waals surface area contributed by atoms with Gasteiger partial charge in [-0.05, 0) is 80.5 Å². The molecule has 9 heteroatoms. The van der Waals surface area contributed by atoms with Crippen LogP contribution in [0.5, 0.6) is 17.4 Å². The lowest BCUT2D eigenvalue weighted by Crippen LogP contribution is -2.39. The van der Waals surface area contributed by atoms with Gasteiger partial charge in [0.05, 0.1) is 17.3 Å². The molecule has 7 nitrogen and oxygen atoms in total. The van der Waals surface area contributed by atoms with Crippen molar-refractivity contribution in [3.05, 3.63) is 63.8 Å². The third-order valence-corrected chi connectivity index (χ3v) is 7.29. The van der Waals surface area contributed by atoms with Gasteiger partial charge in [0.25, 0.3) is 5.91 Å². The predicted octanol–water partition coefficient (Wildman–Crippen LogP) is 6.10. The van der Waals surface area contributed by atoms with Crippen LogP contribution in [0.4, 0.5) is 0 Å². The number of halogens is 2. The van der Waals surface area contributed by atoms with Crippen LogP contribution in [0.25, 0.3) is 5.69 Å². The molecule has 2 fully saturated rings. The summed E-state index contributed by atoms with van der Waals surface area (Å²) >= 11 is 12.5. The van der Waals surface area contributed by atoms with E-state index >= 15 is 0 Å². The maximum Gasteiger partial charge on any atom is 0.272 e. The number of hydrogen-bond donors (Lipinski definition) is 1. The molecule has 1 heterocycles. The van der Waals surface area contributed by atoms with Crippen LogP contribution in [-0.4, -0.2) is 34.6 Å². The number of fused-ring (bicyclic) bond motifs is 2. The number of carbonyl (C=O) groups excluding carboxylic acids is 2. The molecule has 3 unspecified atom stereocenters. The summed E-state index contributed by atoms with van der Waals surface area (Å²) in [6.45, 7) is 2.44. The minimum atomic E-state index is -0.398. The second-order valence-electron chi connectivity index (χ2n) is 8.95. The molecule has 5 rings (SSSR count). The number of benzene rings is 2. The van der Waals surface area contributed by atoms with E-state index in [4.69, 9.17) is 32.7 Å². The first-order valence-electron chi connectivity index (χ1n) is 11.7. The second kappa shape index (κ2) is 9.91. The molecule has 0 aliphatic heterocycles. The van der Waals surface area contributed by atoms with Crippen molar-refractivity contribution in [1.82, 2.24) is 15.1 Å². The molecular formula is C26H25Cl2N3O4. The first-order chi connectivity index (χ1) is 17.0. The van der Waals surface area contributed by atoms with E-state index in [1.165, 1.54) is 11.1 Å². The lowest BCUT2D eigenvalue weighted by molar-refractivity contribution is 0.0912. The summed E-state index contributed by atoms with van der Waals surface area (Å²) < 4.78 is 12.9. The van der Waals surface area contributed by atoms with Crippen LogP contribution in [0.15, 0.2) is 42.5 Å². The van der Waals surface area contributed by atoms with E-state index in [0.717, 1.165) is 19.3 Å². The Bertz CT molecular complexity index is 1260. The molecule has 2 aliphatic rings. The minimum Gasteiger partial charge on any atom is -0.494 e. The van der Waals surface area contributed by atoms with Gasteiger partial charge in [-0.2, -0.15) is 9.78 Å². The van der Waals surface area contributed by atoms with Crippen molar-refractivity contribution in [2.45, 2.75) is 38.6 Å². The van der Waals surface area contributed by atoms with Crippen LogP contribution in [0.2, 0.25) is 10.0 Å². The molecule has 35 heavy (non-hydrogen) atoms. The number of carbonyl (C=O) groups is 2.